The fourth-order valence-corrected chi connectivity index (χ4v) is 2.76. The molecule has 2 atom stereocenters. The van der Waals surface area contributed by atoms with Gasteiger partial charge < -0.3 is 10.1 Å². The molecule has 3 nitrogen and oxygen atoms in total. The van der Waals surface area contributed by atoms with Crippen molar-refractivity contribution < 1.29 is 4.74 Å². The van der Waals surface area contributed by atoms with Gasteiger partial charge in [-0.05, 0) is 26.3 Å². The van der Waals surface area contributed by atoms with E-state index in [-0.39, 0.29) is 6.10 Å². The Morgan fingerprint density at radius 1 is 1.60 bits per heavy atom. The monoisotopic (exact) mass is 226 g/mol. The summed E-state index contributed by atoms with van der Waals surface area (Å²) in [5, 5.41) is 6.75. The highest BCUT2D eigenvalue weighted by Crippen LogP contribution is 2.27. The molecule has 0 saturated carbocycles. The minimum atomic E-state index is 0.118. The molecule has 84 valence electrons. The van der Waals surface area contributed by atoms with Crippen LogP contribution in [0, 0.1) is 0 Å². The largest absolute Gasteiger partial charge is 0.375 e. The Bertz CT molecular complexity index is 307. The molecule has 2 unspecified atom stereocenters. The maximum Gasteiger partial charge on any atom is 0.122 e. The molecule has 1 aromatic rings. The zero-order valence-electron chi connectivity index (χ0n) is 9.32. The van der Waals surface area contributed by atoms with Crippen molar-refractivity contribution in [3.05, 3.63) is 16.1 Å². The van der Waals surface area contributed by atoms with Crippen molar-refractivity contribution in [1.29, 1.82) is 0 Å². The van der Waals surface area contributed by atoms with E-state index in [0.29, 0.717) is 6.04 Å². The van der Waals surface area contributed by atoms with Crippen LogP contribution in [-0.2, 0) is 4.74 Å². The fraction of sp³-hybridized carbons (Fsp3) is 0.727. The van der Waals surface area contributed by atoms with Crippen molar-refractivity contribution >= 4 is 11.3 Å². The summed E-state index contributed by atoms with van der Waals surface area (Å²) >= 11 is 1.70. The third-order valence-electron chi connectivity index (χ3n) is 2.91. The predicted octanol–water partition coefficient (Wildman–Crippen LogP) is 2.67. The van der Waals surface area contributed by atoms with Gasteiger partial charge in [-0.3, -0.25) is 0 Å². The van der Waals surface area contributed by atoms with Crippen LogP contribution in [0.3, 0.4) is 0 Å². The summed E-state index contributed by atoms with van der Waals surface area (Å²) in [6.07, 6.45) is 3.93. The molecule has 4 heteroatoms. The SMILES string of the molecule is COC(C)c1nc(C2CCCCN2)cs1. The summed E-state index contributed by atoms with van der Waals surface area (Å²) in [4.78, 5) is 4.64. The molecule has 1 aliphatic heterocycles. The molecule has 1 saturated heterocycles. The van der Waals surface area contributed by atoms with Crippen molar-refractivity contribution in [2.24, 2.45) is 0 Å². The van der Waals surface area contributed by atoms with Gasteiger partial charge >= 0.3 is 0 Å². The van der Waals surface area contributed by atoms with Gasteiger partial charge in [0, 0.05) is 12.5 Å². The van der Waals surface area contributed by atoms with E-state index >= 15 is 0 Å². The summed E-state index contributed by atoms with van der Waals surface area (Å²) in [5.41, 5.74) is 1.19. The first-order valence-corrected chi connectivity index (χ1v) is 6.40. The van der Waals surface area contributed by atoms with Crippen LogP contribution >= 0.6 is 11.3 Å². The van der Waals surface area contributed by atoms with Gasteiger partial charge in [0.25, 0.3) is 0 Å². The molecule has 2 heterocycles. The lowest BCUT2D eigenvalue weighted by atomic mass is 10.0. The molecule has 0 spiro atoms. The van der Waals surface area contributed by atoms with Gasteiger partial charge in [-0.15, -0.1) is 11.3 Å². The molecule has 1 aliphatic rings. The Morgan fingerprint density at radius 3 is 3.13 bits per heavy atom. The van der Waals surface area contributed by atoms with Crippen LogP contribution in [0.2, 0.25) is 0 Å². The number of ether oxygens (including phenoxy) is 1. The van der Waals surface area contributed by atoms with Crippen LogP contribution in [0.25, 0.3) is 0 Å². The van der Waals surface area contributed by atoms with Gasteiger partial charge in [-0.2, -0.15) is 0 Å². The summed E-state index contributed by atoms with van der Waals surface area (Å²) in [7, 11) is 1.73. The molecule has 15 heavy (non-hydrogen) atoms. The lowest BCUT2D eigenvalue weighted by Crippen LogP contribution is -2.27. The predicted molar refractivity (Wildman–Crippen MR) is 62.1 cm³/mol. The van der Waals surface area contributed by atoms with Crippen molar-refractivity contribution in [2.45, 2.75) is 38.3 Å². The molecule has 0 amide bonds. The van der Waals surface area contributed by atoms with Crippen molar-refractivity contribution in [2.75, 3.05) is 13.7 Å². The second-order valence-corrected chi connectivity index (χ2v) is 4.88. The maximum atomic E-state index is 5.26. The van der Waals surface area contributed by atoms with E-state index in [1.165, 1.54) is 25.0 Å². The highest BCUT2D eigenvalue weighted by Gasteiger charge is 2.18. The quantitative estimate of drug-likeness (QED) is 0.860. The Hall–Kier alpha value is -0.450. The van der Waals surface area contributed by atoms with E-state index in [1.807, 2.05) is 6.92 Å². The van der Waals surface area contributed by atoms with E-state index in [0.717, 1.165) is 11.6 Å². The van der Waals surface area contributed by atoms with E-state index in [4.69, 9.17) is 4.74 Å². The van der Waals surface area contributed by atoms with Crippen LogP contribution in [0.1, 0.15) is 49.0 Å². The number of rotatable bonds is 3. The van der Waals surface area contributed by atoms with Crippen molar-refractivity contribution in [3.63, 3.8) is 0 Å². The third kappa shape index (κ3) is 2.56. The minimum absolute atomic E-state index is 0.118. The lowest BCUT2D eigenvalue weighted by Gasteiger charge is -2.21. The first-order valence-electron chi connectivity index (χ1n) is 5.52. The Kier molecular flexibility index (Phi) is 3.72. The molecular weight excluding hydrogens is 208 g/mol. The van der Waals surface area contributed by atoms with Crippen LogP contribution in [0.15, 0.2) is 5.38 Å². The molecule has 0 aromatic carbocycles. The second kappa shape index (κ2) is 5.05. The first-order chi connectivity index (χ1) is 7.31. The van der Waals surface area contributed by atoms with Crippen LogP contribution in [0.4, 0.5) is 0 Å². The number of nitrogens with one attached hydrogen (secondary N) is 1. The molecule has 0 bridgehead atoms. The number of aromatic nitrogens is 1. The normalized spacial score (nSPS) is 24.0. The number of methoxy groups -OCH3 is 1. The molecule has 1 aromatic heterocycles. The van der Waals surface area contributed by atoms with E-state index in [2.05, 4.69) is 15.7 Å². The smallest absolute Gasteiger partial charge is 0.122 e. The zero-order chi connectivity index (χ0) is 10.7. The average molecular weight is 226 g/mol. The van der Waals surface area contributed by atoms with E-state index < -0.39 is 0 Å². The van der Waals surface area contributed by atoms with Crippen molar-refractivity contribution in [1.82, 2.24) is 10.3 Å². The Morgan fingerprint density at radius 2 is 2.47 bits per heavy atom. The van der Waals surface area contributed by atoms with Gasteiger partial charge in [0.1, 0.15) is 11.1 Å². The van der Waals surface area contributed by atoms with Gasteiger partial charge in [-0.1, -0.05) is 6.42 Å². The van der Waals surface area contributed by atoms with Crippen LogP contribution in [-0.4, -0.2) is 18.6 Å². The first kappa shape index (κ1) is 11.0. The molecular formula is C11H18N2OS. The van der Waals surface area contributed by atoms with E-state index in [1.54, 1.807) is 18.4 Å². The number of thiazole rings is 1. The number of nitrogens with zero attached hydrogens (tertiary/aromatic N) is 1. The Labute approximate surface area is 94.9 Å². The Balaban J connectivity index is 2.05. The van der Waals surface area contributed by atoms with Gasteiger partial charge in [0.2, 0.25) is 0 Å². The zero-order valence-corrected chi connectivity index (χ0v) is 10.1. The topological polar surface area (TPSA) is 34.1 Å². The van der Waals surface area contributed by atoms with Crippen LogP contribution < -0.4 is 5.32 Å². The van der Waals surface area contributed by atoms with Crippen molar-refractivity contribution in [3.8, 4) is 0 Å². The van der Waals surface area contributed by atoms with Crippen LogP contribution in [0.5, 0.6) is 0 Å². The highest BCUT2D eigenvalue weighted by atomic mass is 32.1. The fourth-order valence-electron chi connectivity index (χ4n) is 1.85. The second-order valence-electron chi connectivity index (χ2n) is 3.99. The minimum Gasteiger partial charge on any atom is -0.375 e. The highest BCUT2D eigenvalue weighted by molar-refractivity contribution is 7.09. The van der Waals surface area contributed by atoms with Gasteiger partial charge in [0.05, 0.1) is 11.7 Å². The summed E-state index contributed by atoms with van der Waals surface area (Å²) < 4.78 is 5.26. The summed E-state index contributed by atoms with van der Waals surface area (Å²) in [5.74, 6) is 0. The molecule has 0 aliphatic carbocycles. The number of hydrogen-bond acceptors (Lipinski definition) is 4. The molecule has 0 radical (unpaired) electrons. The summed E-state index contributed by atoms with van der Waals surface area (Å²) in [6.45, 7) is 3.16. The standard InChI is InChI=1S/C11H18N2OS/c1-8(14-2)11-13-10(7-15-11)9-5-3-4-6-12-9/h7-9,12H,3-6H2,1-2H3. The third-order valence-corrected chi connectivity index (χ3v) is 3.93. The number of piperidine rings is 1. The average Bonchev–Trinajstić information content (AvgIpc) is 2.78. The number of hydrogen-bond donors (Lipinski definition) is 1. The maximum absolute atomic E-state index is 5.26. The van der Waals surface area contributed by atoms with E-state index in [9.17, 15) is 0 Å². The molecule has 2 rings (SSSR count). The molecule has 1 N–H and O–H groups in total. The lowest BCUT2D eigenvalue weighted by molar-refractivity contribution is 0.119. The molecule has 1 fully saturated rings. The van der Waals surface area contributed by atoms with Gasteiger partial charge in [-0.25, -0.2) is 4.98 Å². The van der Waals surface area contributed by atoms with Gasteiger partial charge in [0.15, 0.2) is 0 Å². The summed E-state index contributed by atoms with van der Waals surface area (Å²) in [6, 6.07) is 0.466.